The first-order valence-corrected chi connectivity index (χ1v) is 13.0. The van der Waals surface area contributed by atoms with E-state index in [1.807, 2.05) is 49.1 Å². The van der Waals surface area contributed by atoms with E-state index in [9.17, 15) is 4.79 Å². The number of ether oxygens (including phenoxy) is 1. The van der Waals surface area contributed by atoms with Crippen molar-refractivity contribution in [1.29, 1.82) is 0 Å². The average Bonchev–Trinajstić information content (AvgIpc) is 3.43. The standard InChI is InChI=1S/C30H32ClN3O2/c1-20-10-12-24(13-11-20)34-19-23(18-28(34)35)30-32-26-8-4-5-9-27(26)33(30)14-6-7-15-36-25-16-21(2)29(31)22(3)17-25/h4-5,8-13,16-17,23H,6-7,14-15,18-19H2,1-3H3. The van der Waals surface area contributed by atoms with Gasteiger partial charge in [-0.3, -0.25) is 4.79 Å². The number of imidazole rings is 1. The second-order valence-corrected chi connectivity index (χ2v) is 10.2. The van der Waals surface area contributed by atoms with Gasteiger partial charge in [-0.2, -0.15) is 0 Å². The first-order valence-electron chi connectivity index (χ1n) is 12.6. The van der Waals surface area contributed by atoms with Crippen molar-refractivity contribution in [2.24, 2.45) is 0 Å². The van der Waals surface area contributed by atoms with Crippen LogP contribution < -0.4 is 9.64 Å². The molecule has 0 radical (unpaired) electrons. The quantitative estimate of drug-likeness (QED) is 0.244. The van der Waals surface area contributed by atoms with Crippen LogP contribution in [-0.2, 0) is 11.3 Å². The first-order chi connectivity index (χ1) is 17.4. The van der Waals surface area contributed by atoms with Gasteiger partial charge in [0.1, 0.15) is 11.6 Å². The van der Waals surface area contributed by atoms with Crippen LogP contribution in [0.15, 0.2) is 60.7 Å². The first kappa shape index (κ1) is 24.4. The summed E-state index contributed by atoms with van der Waals surface area (Å²) in [5.74, 6) is 2.10. The van der Waals surface area contributed by atoms with Crippen molar-refractivity contribution < 1.29 is 9.53 Å². The molecule has 186 valence electrons. The fourth-order valence-electron chi connectivity index (χ4n) is 5.05. The summed E-state index contributed by atoms with van der Waals surface area (Å²) in [6.07, 6.45) is 2.36. The molecular formula is C30H32ClN3O2. The molecule has 1 aromatic heterocycles. The summed E-state index contributed by atoms with van der Waals surface area (Å²) in [4.78, 5) is 19.8. The number of hydrogen-bond acceptors (Lipinski definition) is 3. The third-order valence-electron chi connectivity index (χ3n) is 6.97. The van der Waals surface area contributed by atoms with E-state index < -0.39 is 0 Å². The van der Waals surface area contributed by atoms with Gasteiger partial charge in [-0.05, 0) is 81.1 Å². The van der Waals surface area contributed by atoms with Gasteiger partial charge in [0.15, 0.2) is 0 Å². The number of halogens is 1. The number of nitrogens with zero attached hydrogens (tertiary/aromatic N) is 3. The van der Waals surface area contributed by atoms with Gasteiger partial charge >= 0.3 is 0 Å². The molecule has 3 aromatic carbocycles. The molecule has 1 amide bonds. The zero-order chi connectivity index (χ0) is 25.2. The zero-order valence-electron chi connectivity index (χ0n) is 21.1. The lowest BCUT2D eigenvalue weighted by Crippen LogP contribution is -2.24. The lowest BCUT2D eigenvalue weighted by atomic mass is 10.1. The number of benzene rings is 3. The highest BCUT2D eigenvalue weighted by molar-refractivity contribution is 6.32. The molecule has 1 aliphatic rings. The summed E-state index contributed by atoms with van der Waals surface area (Å²) >= 11 is 6.28. The normalized spacial score (nSPS) is 15.7. The fourth-order valence-corrected chi connectivity index (χ4v) is 5.16. The van der Waals surface area contributed by atoms with Gasteiger partial charge in [0.2, 0.25) is 5.91 Å². The van der Waals surface area contributed by atoms with Crippen molar-refractivity contribution in [1.82, 2.24) is 9.55 Å². The number of para-hydroxylation sites is 2. The highest BCUT2D eigenvalue weighted by Gasteiger charge is 2.34. The molecule has 0 bridgehead atoms. The molecular weight excluding hydrogens is 470 g/mol. The van der Waals surface area contributed by atoms with Gasteiger partial charge in [0.25, 0.3) is 0 Å². The monoisotopic (exact) mass is 501 g/mol. The smallest absolute Gasteiger partial charge is 0.227 e. The molecule has 1 aliphatic heterocycles. The van der Waals surface area contributed by atoms with Crippen molar-refractivity contribution in [2.45, 2.75) is 52.5 Å². The molecule has 0 spiro atoms. The Hall–Kier alpha value is -3.31. The molecule has 0 saturated carbocycles. The molecule has 0 N–H and O–H groups in total. The molecule has 5 rings (SSSR count). The van der Waals surface area contributed by atoms with Gasteiger partial charge in [0.05, 0.1) is 17.6 Å². The van der Waals surface area contributed by atoms with Crippen molar-refractivity contribution in [3.63, 3.8) is 0 Å². The average molecular weight is 502 g/mol. The second-order valence-electron chi connectivity index (χ2n) is 9.78. The number of rotatable bonds is 8. The second kappa shape index (κ2) is 10.4. The van der Waals surface area contributed by atoms with Gasteiger partial charge in [-0.25, -0.2) is 4.98 Å². The molecule has 0 aliphatic carbocycles. The van der Waals surface area contributed by atoms with Crippen LogP contribution in [0.2, 0.25) is 5.02 Å². The Morgan fingerprint density at radius 2 is 1.72 bits per heavy atom. The molecule has 36 heavy (non-hydrogen) atoms. The Balaban J connectivity index is 1.28. The van der Waals surface area contributed by atoms with E-state index in [0.717, 1.165) is 63.8 Å². The van der Waals surface area contributed by atoms with Crippen LogP contribution in [0.25, 0.3) is 11.0 Å². The highest BCUT2D eigenvalue weighted by atomic mass is 35.5. The van der Waals surface area contributed by atoms with Crippen molar-refractivity contribution in [3.05, 3.63) is 88.2 Å². The largest absolute Gasteiger partial charge is 0.494 e. The van der Waals surface area contributed by atoms with E-state index in [2.05, 4.69) is 41.8 Å². The van der Waals surface area contributed by atoms with Crippen LogP contribution in [0.5, 0.6) is 5.75 Å². The number of aryl methyl sites for hydroxylation is 4. The summed E-state index contributed by atoms with van der Waals surface area (Å²) in [7, 11) is 0. The number of hydrogen-bond donors (Lipinski definition) is 0. The van der Waals surface area contributed by atoms with E-state index in [4.69, 9.17) is 21.3 Å². The topological polar surface area (TPSA) is 47.4 Å². The lowest BCUT2D eigenvalue weighted by molar-refractivity contribution is -0.117. The Bertz CT molecular complexity index is 1370. The third-order valence-corrected chi connectivity index (χ3v) is 7.57. The Labute approximate surface area is 217 Å². The van der Waals surface area contributed by atoms with Crippen LogP contribution in [-0.4, -0.2) is 28.6 Å². The van der Waals surface area contributed by atoms with Gasteiger partial charge in [0, 0.05) is 36.1 Å². The Morgan fingerprint density at radius 3 is 2.47 bits per heavy atom. The van der Waals surface area contributed by atoms with Crippen LogP contribution >= 0.6 is 11.6 Å². The summed E-state index contributed by atoms with van der Waals surface area (Å²) in [5.41, 5.74) is 6.32. The number of carbonyl (C=O) groups is 1. The Kier molecular flexibility index (Phi) is 7.01. The summed E-state index contributed by atoms with van der Waals surface area (Å²) in [6.45, 7) is 8.20. The molecule has 1 atom stereocenters. The van der Waals surface area contributed by atoms with E-state index in [1.54, 1.807) is 0 Å². The van der Waals surface area contributed by atoms with E-state index >= 15 is 0 Å². The van der Waals surface area contributed by atoms with E-state index in [-0.39, 0.29) is 11.8 Å². The van der Waals surface area contributed by atoms with Crippen LogP contribution in [0, 0.1) is 20.8 Å². The predicted octanol–water partition coefficient (Wildman–Crippen LogP) is 6.99. The molecule has 6 heteroatoms. The maximum absolute atomic E-state index is 12.9. The number of aromatic nitrogens is 2. The minimum atomic E-state index is 0.0717. The minimum Gasteiger partial charge on any atom is -0.494 e. The number of unbranched alkanes of at least 4 members (excludes halogenated alkanes) is 1. The number of amides is 1. The van der Waals surface area contributed by atoms with Crippen LogP contribution in [0.1, 0.15) is 47.7 Å². The molecule has 4 aromatic rings. The Morgan fingerprint density at radius 1 is 1.00 bits per heavy atom. The van der Waals surface area contributed by atoms with Crippen molar-refractivity contribution >= 4 is 34.2 Å². The van der Waals surface area contributed by atoms with Crippen molar-refractivity contribution in [3.8, 4) is 5.75 Å². The predicted molar refractivity (Wildman–Crippen MR) is 146 cm³/mol. The summed E-state index contributed by atoms with van der Waals surface area (Å²) in [6, 6.07) is 20.4. The number of anilines is 1. The van der Waals surface area contributed by atoms with Gasteiger partial charge in [-0.1, -0.05) is 41.4 Å². The maximum atomic E-state index is 12.9. The zero-order valence-corrected chi connectivity index (χ0v) is 21.9. The molecule has 1 unspecified atom stereocenters. The fraction of sp³-hybridized carbons (Fsp3) is 0.333. The van der Waals surface area contributed by atoms with Crippen LogP contribution in [0.4, 0.5) is 5.69 Å². The van der Waals surface area contributed by atoms with Gasteiger partial charge < -0.3 is 14.2 Å². The van der Waals surface area contributed by atoms with Gasteiger partial charge in [-0.15, -0.1) is 0 Å². The SMILES string of the molecule is Cc1ccc(N2CC(c3nc4ccccc4n3CCCCOc3cc(C)c(Cl)c(C)c3)CC2=O)cc1. The van der Waals surface area contributed by atoms with E-state index in [1.165, 1.54) is 5.56 Å². The molecule has 1 fully saturated rings. The maximum Gasteiger partial charge on any atom is 0.227 e. The van der Waals surface area contributed by atoms with Crippen LogP contribution in [0.3, 0.4) is 0 Å². The summed E-state index contributed by atoms with van der Waals surface area (Å²) < 4.78 is 8.32. The molecule has 1 saturated heterocycles. The molecule has 5 nitrogen and oxygen atoms in total. The third kappa shape index (κ3) is 4.98. The van der Waals surface area contributed by atoms with Crippen molar-refractivity contribution in [2.75, 3.05) is 18.1 Å². The minimum absolute atomic E-state index is 0.0717. The van der Waals surface area contributed by atoms with E-state index in [0.29, 0.717) is 19.6 Å². The lowest BCUT2D eigenvalue weighted by Gasteiger charge is -2.18. The highest BCUT2D eigenvalue weighted by Crippen LogP contribution is 2.33. The number of carbonyl (C=O) groups excluding carboxylic acids is 1. The molecule has 2 heterocycles. The number of fused-ring (bicyclic) bond motifs is 1. The summed E-state index contributed by atoms with van der Waals surface area (Å²) in [5, 5.41) is 0.799.